The van der Waals surface area contributed by atoms with Gasteiger partial charge in [0.15, 0.2) is 0 Å². The lowest BCUT2D eigenvalue weighted by atomic mass is 9.89. The summed E-state index contributed by atoms with van der Waals surface area (Å²) in [5, 5.41) is 0. The van der Waals surface area contributed by atoms with Crippen LogP contribution in [0.4, 0.5) is 0 Å². The molecule has 3 heteroatoms. The van der Waals surface area contributed by atoms with Crippen LogP contribution >= 0.6 is 15.9 Å². The molecule has 0 aromatic heterocycles. The summed E-state index contributed by atoms with van der Waals surface area (Å²) in [6, 6.07) is 8.67. The highest BCUT2D eigenvalue weighted by Gasteiger charge is 2.23. The van der Waals surface area contributed by atoms with E-state index in [1.807, 2.05) is 24.3 Å². The molecule has 1 aliphatic heterocycles. The first-order valence-corrected chi connectivity index (χ1v) is 7.41. The van der Waals surface area contributed by atoms with Crippen LogP contribution in [0.25, 0.3) is 0 Å². The minimum atomic E-state index is 0.0312. The number of rotatable bonds is 4. The van der Waals surface area contributed by atoms with E-state index in [1.54, 1.807) is 0 Å². The Morgan fingerprint density at radius 3 is 2.72 bits per heavy atom. The van der Waals surface area contributed by atoms with Crippen molar-refractivity contribution >= 4 is 22.2 Å². The van der Waals surface area contributed by atoms with Crippen LogP contribution in [0.3, 0.4) is 0 Å². The van der Waals surface area contributed by atoms with Crippen molar-refractivity contribution in [1.82, 2.24) is 4.90 Å². The number of hydrogen-bond donors (Lipinski definition) is 0. The maximum absolute atomic E-state index is 11.3. The summed E-state index contributed by atoms with van der Waals surface area (Å²) < 4.78 is 1.06. The minimum absolute atomic E-state index is 0.0312. The van der Waals surface area contributed by atoms with Crippen LogP contribution in [0.1, 0.15) is 37.2 Å². The summed E-state index contributed by atoms with van der Waals surface area (Å²) in [6.45, 7) is 1.16. The molecule has 2 atom stereocenters. The molecule has 1 saturated heterocycles. The smallest absolute Gasteiger partial charge is 0.127 e. The van der Waals surface area contributed by atoms with E-state index in [2.05, 4.69) is 27.9 Å². The second-order valence-corrected chi connectivity index (χ2v) is 6.08. The van der Waals surface area contributed by atoms with Gasteiger partial charge in [-0.1, -0.05) is 34.5 Å². The van der Waals surface area contributed by atoms with E-state index >= 15 is 0 Å². The van der Waals surface area contributed by atoms with Crippen molar-refractivity contribution in [1.29, 1.82) is 0 Å². The van der Waals surface area contributed by atoms with Gasteiger partial charge in [-0.05, 0) is 50.6 Å². The summed E-state index contributed by atoms with van der Waals surface area (Å²) in [5.41, 5.74) is 1.13. The Labute approximate surface area is 117 Å². The zero-order chi connectivity index (χ0) is 13.0. The molecule has 0 spiro atoms. The Balaban J connectivity index is 2.04. The van der Waals surface area contributed by atoms with Gasteiger partial charge >= 0.3 is 0 Å². The van der Waals surface area contributed by atoms with Gasteiger partial charge in [0.2, 0.25) is 0 Å². The number of aldehydes is 1. The molecule has 2 nitrogen and oxygen atoms in total. The molecule has 0 saturated carbocycles. The number of nitrogens with zero attached hydrogens (tertiary/aromatic N) is 1. The highest BCUT2D eigenvalue weighted by Crippen LogP contribution is 2.27. The van der Waals surface area contributed by atoms with Gasteiger partial charge in [-0.2, -0.15) is 0 Å². The number of benzene rings is 1. The summed E-state index contributed by atoms with van der Waals surface area (Å²) in [6.07, 6.45) is 5.85. The molecule has 1 aromatic rings. The molecule has 98 valence electrons. The summed E-state index contributed by atoms with van der Waals surface area (Å²) >= 11 is 3.43. The molecule has 0 N–H and O–H groups in total. The number of halogens is 1. The fourth-order valence-corrected chi connectivity index (χ4v) is 2.98. The third kappa shape index (κ3) is 3.42. The van der Waals surface area contributed by atoms with Gasteiger partial charge in [0.05, 0.1) is 0 Å². The van der Waals surface area contributed by atoms with E-state index < -0.39 is 0 Å². The SMILES string of the molecule is CN1CCCCC1CC(C=O)c1ccc(Br)cc1. The van der Waals surface area contributed by atoms with Gasteiger partial charge in [-0.15, -0.1) is 0 Å². The molecular weight excluding hydrogens is 290 g/mol. The predicted molar refractivity (Wildman–Crippen MR) is 77.8 cm³/mol. The standard InChI is InChI=1S/C15H20BrNO/c1-17-9-3-2-4-15(17)10-13(11-18)12-5-7-14(16)8-6-12/h5-8,11,13,15H,2-4,9-10H2,1H3. The Morgan fingerprint density at radius 2 is 2.11 bits per heavy atom. The maximum atomic E-state index is 11.3. The molecule has 0 radical (unpaired) electrons. The van der Waals surface area contributed by atoms with Gasteiger partial charge in [0.25, 0.3) is 0 Å². The summed E-state index contributed by atoms with van der Waals surface area (Å²) in [4.78, 5) is 13.7. The fraction of sp³-hybridized carbons (Fsp3) is 0.533. The van der Waals surface area contributed by atoms with Gasteiger partial charge in [0, 0.05) is 16.4 Å². The zero-order valence-electron chi connectivity index (χ0n) is 10.8. The molecule has 1 fully saturated rings. The largest absolute Gasteiger partial charge is 0.303 e. The normalized spacial score (nSPS) is 22.7. The molecule has 18 heavy (non-hydrogen) atoms. The quantitative estimate of drug-likeness (QED) is 0.792. The van der Waals surface area contributed by atoms with E-state index in [0.29, 0.717) is 6.04 Å². The number of hydrogen-bond acceptors (Lipinski definition) is 2. The maximum Gasteiger partial charge on any atom is 0.127 e. The third-order valence-corrected chi connectivity index (χ3v) is 4.44. The van der Waals surface area contributed by atoms with Crippen LogP contribution in [0, 0.1) is 0 Å². The second kappa shape index (κ2) is 6.48. The Morgan fingerprint density at radius 1 is 1.39 bits per heavy atom. The highest BCUT2D eigenvalue weighted by molar-refractivity contribution is 9.10. The van der Waals surface area contributed by atoms with Gasteiger partial charge in [-0.3, -0.25) is 0 Å². The third-order valence-electron chi connectivity index (χ3n) is 3.91. The van der Waals surface area contributed by atoms with E-state index in [-0.39, 0.29) is 5.92 Å². The molecular formula is C15H20BrNO. The topological polar surface area (TPSA) is 20.3 Å². The predicted octanol–water partition coefficient (Wildman–Crippen LogP) is 3.61. The highest BCUT2D eigenvalue weighted by atomic mass is 79.9. The van der Waals surface area contributed by atoms with Gasteiger partial charge in [0.1, 0.15) is 6.29 Å². The lowest BCUT2D eigenvalue weighted by Gasteiger charge is -2.33. The summed E-state index contributed by atoms with van der Waals surface area (Å²) in [7, 11) is 2.17. The van der Waals surface area contributed by atoms with E-state index in [4.69, 9.17) is 0 Å². The van der Waals surface area contributed by atoms with Crippen molar-refractivity contribution in [2.24, 2.45) is 0 Å². The number of likely N-dealkylation sites (tertiary alicyclic amines) is 1. The number of carbonyl (C=O) groups is 1. The Bertz CT molecular complexity index is 390. The molecule has 1 heterocycles. The molecule has 0 bridgehead atoms. The zero-order valence-corrected chi connectivity index (χ0v) is 12.4. The second-order valence-electron chi connectivity index (χ2n) is 5.16. The molecule has 2 unspecified atom stereocenters. The average Bonchev–Trinajstić information content (AvgIpc) is 2.39. The first kappa shape index (κ1) is 13.8. The molecule has 1 aliphatic rings. The molecule has 0 aliphatic carbocycles. The van der Waals surface area contributed by atoms with Crippen LogP contribution < -0.4 is 0 Å². The van der Waals surface area contributed by atoms with Crippen molar-refractivity contribution < 1.29 is 4.79 Å². The lowest BCUT2D eigenvalue weighted by Crippen LogP contribution is -2.37. The number of carbonyl (C=O) groups excluding carboxylic acids is 1. The van der Waals surface area contributed by atoms with Crippen LogP contribution in [-0.4, -0.2) is 30.8 Å². The van der Waals surface area contributed by atoms with E-state index in [1.165, 1.54) is 19.3 Å². The molecule has 0 amide bonds. The fourth-order valence-electron chi connectivity index (χ4n) is 2.72. The van der Waals surface area contributed by atoms with E-state index in [0.717, 1.165) is 29.3 Å². The first-order valence-electron chi connectivity index (χ1n) is 6.61. The van der Waals surface area contributed by atoms with Crippen molar-refractivity contribution in [2.75, 3.05) is 13.6 Å². The van der Waals surface area contributed by atoms with Crippen molar-refractivity contribution in [3.63, 3.8) is 0 Å². The molecule has 1 aromatic carbocycles. The van der Waals surface area contributed by atoms with Crippen molar-refractivity contribution in [3.8, 4) is 0 Å². The minimum Gasteiger partial charge on any atom is -0.303 e. The Kier molecular flexibility index (Phi) is 4.95. The van der Waals surface area contributed by atoms with Crippen LogP contribution in [0.2, 0.25) is 0 Å². The van der Waals surface area contributed by atoms with Gasteiger partial charge < -0.3 is 9.69 Å². The van der Waals surface area contributed by atoms with Crippen molar-refractivity contribution in [3.05, 3.63) is 34.3 Å². The molecule has 2 rings (SSSR count). The van der Waals surface area contributed by atoms with Gasteiger partial charge in [-0.25, -0.2) is 0 Å². The lowest BCUT2D eigenvalue weighted by molar-refractivity contribution is -0.109. The average molecular weight is 310 g/mol. The summed E-state index contributed by atoms with van der Waals surface area (Å²) in [5.74, 6) is 0.0312. The monoisotopic (exact) mass is 309 g/mol. The Hall–Kier alpha value is -0.670. The van der Waals surface area contributed by atoms with Crippen LogP contribution in [0.15, 0.2) is 28.7 Å². The number of piperidine rings is 1. The van der Waals surface area contributed by atoms with Crippen LogP contribution in [0.5, 0.6) is 0 Å². The van der Waals surface area contributed by atoms with E-state index in [9.17, 15) is 4.79 Å². The first-order chi connectivity index (χ1) is 8.70. The van der Waals surface area contributed by atoms with Crippen LogP contribution in [-0.2, 0) is 4.79 Å². The van der Waals surface area contributed by atoms with Crippen molar-refractivity contribution in [2.45, 2.75) is 37.6 Å².